The second-order valence-electron chi connectivity index (χ2n) is 4.08. The number of aliphatic hydroxyl groups excluding tert-OH is 1. The molecule has 0 spiro atoms. The molecule has 1 N–H and O–H groups in total. The highest BCUT2D eigenvalue weighted by molar-refractivity contribution is 9.11. The minimum atomic E-state index is -0.673. The van der Waals surface area contributed by atoms with Crippen molar-refractivity contribution in [3.63, 3.8) is 0 Å². The van der Waals surface area contributed by atoms with Gasteiger partial charge in [0.2, 0.25) is 0 Å². The van der Waals surface area contributed by atoms with E-state index in [0.29, 0.717) is 5.02 Å². The van der Waals surface area contributed by atoms with E-state index in [1.54, 1.807) is 6.07 Å². The average molecular weight is 391 g/mol. The van der Waals surface area contributed by atoms with Gasteiger partial charge in [0.05, 0.1) is 0 Å². The van der Waals surface area contributed by atoms with E-state index >= 15 is 0 Å². The van der Waals surface area contributed by atoms with Gasteiger partial charge in [-0.05, 0) is 42.3 Å². The summed E-state index contributed by atoms with van der Waals surface area (Å²) in [5.41, 5.74) is 2.61. The van der Waals surface area contributed by atoms with Crippen LogP contribution >= 0.6 is 43.5 Å². The van der Waals surface area contributed by atoms with E-state index in [9.17, 15) is 5.11 Å². The first-order chi connectivity index (χ1) is 8.49. The van der Waals surface area contributed by atoms with Gasteiger partial charge in [0.25, 0.3) is 0 Å². The van der Waals surface area contributed by atoms with Crippen LogP contribution in [0.1, 0.15) is 22.8 Å². The van der Waals surface area contributed by atoms with Crippen LogP contribution < -0.4 is 0 Å². The van der Waals surface area contributed by atoms with Crippen molar-refractivity contribution < 1.29 is 5.11 Å². The Morgan fingerprint density at radius 1 is 1.11 bits per heavy atom. The molecule has 4 heteroatoms. The molecule has 2 aromatic rings. The Kier molecular flexibility index (Phi) is 4.49. The lowest BCUT2D eigenvalue weighted by Gasteiger charge is -2.15. The SMILES string of the molecule is Cc1cc(C(O)c2cc(Br)ccc2Br)ccc1Cl. The molecule has 0 saturated carbocycles. The van der Waals surface area contributed by atoms with Gasteiger partial charge in [-0.15, -0.1) is 0 Å². The van der Waals surface area contributed by atoms with E-state index in [1.807, 2.05) is 37.3 Å². The highest BCUT2D eigenvalue weighted by atomic mass is 79.9. The van der Waals surface area contributed by atoms with E-state index < -0.39 is 6.10 Å². The third-order valence-corrected chi connectivity index (χ3v) is 4.39. The van der Waals surface area contributed by atoms with Crippen molar-refractivity contribution in [1.82, 2.24) is 0 Å². The van der Waals surface area contributed by atoms with E-state index in [4.69, 9.17) is 11.6 Å². The molecule has 2 rings (SSSR count). The molecule has 0 radical (unpaired) electrons. The highest BCUT2D eigenvalue weighted by Gasteiger charge is 2.14. The van der Waals surface area contributed by atoms with Crippen LogP contribution in [0.2, 0.25) is 5.02 Å². The van der Waals surface area contributed by atoms with Gasteiger partial charge in [0, 0.05) is 19.5 Å². The topological polar surface area (TPSA) is 20.2 Å². The molecule has 0 bridgehead atoms. The Morgan fingerprint density at radius 3 is 2.50 bits per heavy atom. The van der Waals surface area contributed by atoms with Gasteiger partial charge in [-0.1, -0.05) is 55.6 Å². The standard InChI is InChI=1S/C14H11Br2ClO/c1-8-6-9(2-5-13(8)17)14(18)11-7-10(15)3-4-12(11)16/h2-7,14,18H,1H3. The molecule has 0 aliphatic carbocycles. The lowest BCUT2D eigenvalue weighted by Crippen LogP contribution is -2.01. The van der Waals surface area contributed by atoms with Crippen molar-refractivity contribution in [2.45, 2.75) is 13.0 Å². The average Bonchev–Trinajstić information content (AvgIpc) is 2.35. The van der Waals surface area contributed by atoms with E-state index in [-0.39, 0.29) is 0 Å². The lowest BCUT2D eigenvalue weighted by atomic mass is 10.0. The molecule has 2 aromatic carbocycles. The maximum Gasteiger partial charge on any atom is 0.105 e. The van der Waals surface area contributed by atoms with Crippen LogP contribution in [0.4, 0.5) is 0 Å². The van der Waals surface area contributed by atoms with Crippen LogP contribution in [0.15, 0.2) is 45.3 Å². The van der Waals surface area contributed by atoms with E-state index in [0.717, 1.165) is 25.6 Å². The summed E-state index contributed by atoms with van der Waals surface area (Å²) >= 11 is 12.9. The van der Waals surface area contributed by atoms with Crippen LogP contribution in [-0.2, 0) is 0 Å². The maximum atomic E-state index is 10.4. The summed E-state index contributed by atoms with van der Waals surface area (Å²) in [6.45, 7) is 1.93. The summed E-state index contributed by atoms with van der Waals surface area (Å²) in [6.07, 6.45) is -0.673. The Hall–Kier alpha value is -0.350. The minimum Gasteiger partial charge on any atom is -0.384 e. The molecule has 0 aliphatic heterocycles. The molecule has 94 valence electrons. The zero-order valence-corrected chi connectivity index (χ0v) is 13.6. The molecule has 1 atom stereocenters. The molecular formula is C14H11Br2ClO. The normalized spacial score (nSPS) is 12.5. The van der Waals surface area contributed by atoms with Gasteiger partial charge in [-0.3, -0.25) is 0 Å². The number of hydrogen-bond acceptors (Lipinski definition) is 1. The van der Waals surface area contributed by atoms with Crippen LogP contribution in [0.5, 0.6) is 0 Å². The van der Waals surface area contributed by atoms with Crippen molar-refractivity contribution in [3.05, 3.63) is 67.1 Å². The fourth-order valence-corrected chi connectivity index (χ4v) is 2.70. The van der Waals surface area contributed by atoms with Crippen LogP contribution in [0.3, 0.4) is 0 Å². The summed E-state index contributed by atoms with van der Waals surface area (Å²) in [5.74, 6) is 0. The molecule has 0 aliphatic rings. The number of hydrogen-bond donors (Lipinski definition) is 1. The first-order valence-electron chi connectivity index (χ1n) is 5.38. The van der Waals surface area contributed by atoms with E-state index in [2.05, 4.69) is 31.9 Å². The Balaban J connectivity index is 2.44. The second kappa shape index (κ2) is 5.74. The molecular weight excluding hydrogens is 379 g/mol. The van der Waals surface area contributed by atoms with Gasteiger partial charge >= 0.3 is 0 Å². The number of aryl methyl sites for hydroxylation is 1. The molecule has 0 saturated heterocycles. The van der Waals surface area contributed by atoms with Crippen molar-refractivity contribution in [1.29, 1.82) is 0 Å². The van der Waals surface area contributed by atoms with Crippen molar-refractivity contribution in [2.24, 2.45) is 0 Å². The zero-order valence-electron chi connectivity index (χ0n) is 9.62. The van der Waals surface area contributed by atoms with Crippen LogP contribution in [-0.4, -0.2) is 5.11 Å². The fourth-order valence-electron chi connectivity index (χ4n) is 1.74. The highest BCUT2D eigenvalue weighted by Crippen LogP contribution is 2.32. The van der Waals surface area contributed by atoms with Gasteiger partial charge in [-0.25, -0.2) is 0 Å². The fraction of sp³-hybridized carbons (Fsp3) is 0.143. The predicted molar refractivity (Wildman–Crippen MR) is 82.1 cm³/mol. The smallest absolute Gasteiger partial charge is 0.105 e. The van der Waals surface area contributed by atoms with Crippen molar-refractivity contribution >= 4 is 43.5 Å². The third-order valence-electron chi connectivity index (χ3n) is 2.75. The minimum absolute atomic E-state index is 0.673. The molecule has 18 heavy (non-hydrogen) atoms. The molecule has 0 amide bonds. The Morgan fingerprint density at radius 2 is 1.83 bits per heavy atom. The quantitative estimate of drug-likeness (QED) is 0.742. The summed E-state index contributed by atoms with van der Waals surface area (Å²) in [6, 6.07) is 11.3. The molecule has 0 aromatic heterocycles. The predicted octanol–water partition coefficient (Wildman–Crippen LogP) is 5.26. The summed E-state index contributed by atoms with van der Waals surface area (Å²) < 4.78 is 1.82. The first-order valence-corrected chi connectivity index (χ1v) is 7.34. The third kappa shape index (κ3) is 2.97. The summed E-state index contributed by atoms with van der Waals surface area (Å²) in [4.78, 5) is 0. The van der Waals surface area contributed by atoms with Gasteiger partial charge in [0.1, 0.15) is 6.10 Å². The summed E-state index contributed by atoms with van der Waals surface area (Å²) in [5, 5.41) is 11.1. The van der Waals surface area contributed by atoms with E-state index in [1.165, 1.54) is 0 Å². The number of aliphatic hydroxyl groups is 1. The summed E-state index contributed by atoms with van der Waals surface area (Å²) in [7, 11) is 0. The molecule has 0 fully saturated rings. The first kappa shape index (κ1) is 14.1. The largest absolute Gasteiger partial charge is 0.384 e. The molecule has 1 nitrogen and oxygen atoms in total. The monoisotopic (exact) mass is 388 g/mol. The van der Waals surface area contributed by atoms with Gasteiger partial charge < -0.3 is 5.11 Å². The lowest BCUT2D eigenvalue weighted by molar-refractivity contribution is 0.219. The van der Waals surface area contributed by atoms with Crippen molar-refractivity contribution in [3.8, 4) is 0 Å². The number of halogens is 3. The molecule has 0 heterocycles. The van der Waals surface area contributed by atoms with Gasteiger partial charge in [-0.2, -0.15) is 0 Å². The Labute approximate surface area is 128 Å². The van der Waals surface area contributed by atoms with Gasteiger partial charge in [0.15, 0.2) is 0 Å². The van der Waals surface area contributed by atoms with Crippen LogP contribution in [0, 0.1) is 6.92 Å². The van der Waals surface area contributed by atoms with Crippen molar-refractivity contribution in [2.75, 3.05) is 0 Å². The number of rotatable bonds is 2. The zero-order chi connectivity index (χ0) is 13.3. The second-order valence-corrected chi connectivity index (χ2v) is 6.25. The Bertz CT molecular complexity index is 584. The number of benzene rings is 2. The molecule has 1 unspecified atom stereocenters. The van der Waals surface area contributed by atoms with Crippen LogP contribution in [0.25, 0.3) is 0 Å². The maximum absolute atomic E-state index is 10.4.